The van der Waals surface area contributed by atoms with Crippen LogP contribution in [0.4, 0.5) is 26.3 Å². The summed E-state index contributed by atoms with van der Waals surface area (Å²) in [6.07, 6.45) is 11.3. The van der Waals surface area contributed by atoms with Gasteiger partial charge in [0.15, 0.2) is 0 Å². The van der Waals surface area contributed by atoms with E-state index in [-0.39, 0.29) is 77.5 Å². The summed E-state index contributed by atoms with van der Waals surface area (Å²) in [5, 5.41) is 15.6. The van der Waals surface area contributed by atoms with E-state index in [1.54, 1.807) is 12.4 Å². The van der Waals surface area contributed by atoms with Crippen LogP contribution in [-0.4, -0.2) is 103 Å². The summed E-state index contributed by atoms with van der Waals surface area (Å²) in [5.41, 5.74) is 28.5. The first-order valence-corrected chi connectivity index (χ1v) is 31.8. The van der Waals surface area contributed by atoms with Crippen molar-refractivity contribution in [3.05, 3.63) is 194 Å². The molecule has 15 rings (SSSR count). The van der Waals surface area contributed by atoms with E-state index in [4.69, 9.17) is 17.2 Å². The van der Waals surface area contributed by atoms with E-state index in [1.165, 1.54) is 42.0 Å². The van der Waals surface area contributed by atoms with Gasteiger partial charge in [-0.2, -0.15) is 23.5 Å². The first kappa shape index (κ1) is 55.9. The molecule has 7 N–H and O–H groups in total. The molecule has 438 valence electrons. The Hall–Kier alpha value is -6.25. The van der Waals surface area contributed by atoms with Crippen molar-refractivity contribution in [1.82, 2.24) is 43.3 Å². The highest BCUT2D eigenvalue weighted by atomic mass is 32.2. The highest BCUT2D eigenvalue weighted by molar-refractivity contribution is 7.89. The number of rotatable bonds is 8. The number of nitrogens with one attached hydrogen (secondary N) is 1. The molecule has 4 fully saturated rings. The average Bonchev–Trinajstić information content (AvgIpc) is 3.39. The van der Waals surface area contributed by atoms with E-state index in [2.05, 4.69) is 41.2 Å². The Kier molecular flexibility index (Phi) is 14.2. The minimum atomic E-state index is -3.38. The number of H-pyrrole nitrogens is 1. The molecule has 4 saturated carbocycles. The molecule has 24 heteroatoms. The minimum absolute atomic E-state index is 0.143. The highest BCUT2D eigenvalue weighted by Gasteiger charge is 2.58. The maximum absolute atomic E-state index is 14.5. The lowest BCUT2D eigenvalue weighted by molar-refractivity contribution is 0.125. The molecule has 7 aromatic rings. The fourth-order valence-electron chi connectivity index (χ4n) is 15.1. The SMILES string of the molecule is CS(=O)(=O)n1cc2c(n1)CN(C1C[C@H](N)[C@@H](c3cc(F)ccc3F)[C@@H]3C[C@H]13)C2.CS(=O)(=O)n1cc2c(n1)CN(C1C[C@H](N)[C@@H](c3cc(F)ccc3F)[C@H]3C[C@@H]13)C2.N[C@H]1CC(N2Cc3cn[nH]c3C2)c2ccccc2[C@@H]1c1cc(F)ccc1F. The largest absolute Gasteiger partial charge is 0.327 e. The molecule has 0 spiro atoms. The fourth-order valence-corrected chi connectivity index (χ4v) is 16.2. The molecule has 16 nitrogen and oxygen atoms in total. The molecule has 3 aliphatic heterocycles. The Labute approximate surface area is 477 Å². The van der Waals surface area contributed by atoms with Crippen molar-refractivity contribution in [3.8, 4) is 0 Å². The summed E-state index contributed by atoms with van der Waals surface area (Å²) < 4.78 is 133. The number of nitrogens with zero attached hydrogens (tertiary/aromatic N) is 8. The second-order valence-corrected chi connectivity index (χ2v) is 27.9. The molecule has 6 heterocycles. The van der Waals surface area contributed by atoms with E-state index in [9.17, 15) is 43.2 Å². The predicted molar refractivity (Wildman–Crippen MR) is 295 cm³/mol. The van der Waals surface area contributed by atoms with Crippen LogP contribution in [-0.2, 0) is 59.3 Å². The normalized spacial score (nSPS) is 29.7. The number of fused-ring (bicyclic) bond motifs is 6. The first-order valence-electron chi connectivity index (χ1n) is 28.1. The van der Waals surface area contributed by atoms with E-state index < -0.39 is 43.3 Å². The number of aromatic amines is 1. The summed E-state index contributed by atoms with van der Waals surface area (Å²) in [4.78, 5) is 6.97. The molecular formula is C59H64F6N12O4S2. The zero-order valence-electron chi connectivity index (χ0n) is 45.5. The predicted octanol–water partition coefficient (Wildman–Crippen LogP) is 7.22. The van der Waals surface area contributed by atoms with Crippen LogP contribution >= 0.6 is 0 Å². The van der Waals surface area contributed by atoms with Crippen molar-refractivity contribution in [2.75, 3.05) is 12.5 Å². The fraction of sp³-hybridized carbons (Fsp3) is 0.441. The Balaban J connectivity index is 0.000000117. The zero-order valence-corrected chi connectivity index (χ0v) is 47.2. The monoisotopic (exact) mass is 1180 g/mol. The number of benzene rings is 4. The van der Waals surface area contributed by atoms with Gasteiger partial charge in [-0.1, -0.05) is 24.3 Å². The number of aromatic nitrogens is 6. The van der Waals surface area contributed by atoms with Gasteiger partial charge in [0, 0.05) is 122 Å². The van der Waals surface area contributed by atoms with E-state index in [1.807, 2.05) is 24.4 Å². The number of nitrogens with two attached hydrogens (primary N) is 3. The van der Waals surface area contributed by atoms with Gasteiger partial charge >= 0.3 is 0 Å². The number of hydrogen-bond acceptors (Lipinski definition) is 13. The summed E-state index contributed by atoms with van der Waals surface area (Å²) >= 11 is 0. The lowest BCUT2D eigenvalue weighted by atomic mass is 9.73. The molecule has 13 atom stereocenters. The van der Waals surface area contributed by atoms with Crippen molar-refractivity contribution in [2.24, 2.45) is 40.9 Å². The second-order valence-electron chi connectivity index (χ2n) is 24.2. The van der Waals surface area contributed by atoms with Crippen LogP contribution in [0.2, 0.25) is 0 Å². The molecule has 0 saturated heterocycles. The van der Waals surface area contributed by atoms with Crippen LogP contribution in [0, 0.1) is 58.6 Å². The van der Waals surface area contributed by atoms with Gasteiger partial charge in [-0.25, -0.2) is 43.2 Å². The molecule has 0 radical (unpaired) electrons. The van der Waals surface area contributed by atoms with Crippen molar-refractivity contribution in [3.63, 3.8) is 0 Å². The van der Waals surface area contributed by atoms with E-state index >= 15 is 0 Å². The Morgan fingerprint density at radius 2 is 0.952 bits per heavy atom. The van der Waals surface area contributed by atoms with Gasteiger partial charge < -0.3 is 17.2 Å². The average molecular weight is 1180 g/mol. The van der Waals surface area contributed by atoms with Gasteiger partial charge in [0.2, 0.25) is 0 Å². The lowest BCUT2D eigenvalue weighted by Gasteiger charge is -2.40. The van der Waals surface area contributed by atoms with Gasteiger partial charge in [-0.3, -0.25) is 19.8 Å². The van der Waals surface area contributed by atoms with Gasteiger partial charge in [0.05, 0.1) is 35.8 Å². The zero-order chi connectivity index (χ0) is 58.1. The third-order valence-electron chi connectivity index (χ3n) is 18.9. The number of halogens is 6. The lowest BCUT2D eigenvalue weighted by Crippen LogP contribution is -2.45. The van der Waals surface area contributed by atoms with E-state index in [0.29, 0.717) is 74.0 Å². The molecule has 83 heavy (non-hydrogen) atoms. The molecule has 8 aliphatic rings. The Morgan fingerprint density at radius 1 is 0.494 bits per heavy atom. The molecule has 3 aromatic heterocycles. The summed E-state index contributed by atoms with van der Waals surface area (Å²) in [5.74, 6) is -1.84. The second kappa shape index (κ2) is 21.1. The Morgan fingerprint density at radius 3 is 1.42 bits per heavy atom. The minimum Gasteiger partial charge on any atom is -0.327 e. The molecular weight excluding hydrogens is 1120 g/mol. The van der Waals surface area contributed by atoms with Gasteiger partial charge in [0.25, 0.3) is 20.0 Å². The van der Waals surface area contributed by atoms with Crippen LogP contribution < -0.4 is 17.2 Å². The summed E-state index contributed by atoms with van der Waals surface area (Å²) in [6.45, 7) is 4.08. The third-order valence-corrected chi connectivity index (χ3v) is 20.7. The van der Waals surface area contributed by atoms with Gasteiger partial charge in [-0.05, 0) is 138 Å². The van der Waals surface area contributed by atoms with Crippen LogP contribution in [0.15, 0.2) is 97.5 Å². The van der Waals surface area contributed by atoms with Crippen molar-refractivity contribution in [2.45, 2.75) is 125 Å². The maximum Gasteiger partial charge on any atom is 0.250 e. The van der Waals surface area contributed by atoms with Crippen LogP contribution in [0.1, 0.15) is 117 Å². The summed E-state index contributed by atoms with van der Waals surface area (Å²) in [6, 6.07) is 18.7. The van der Waals surface area contributed by atoms with Crippen LogP contribution in [0.25, 0.3) is 0 Å². The molecule has 5 aliphatic carbocycles. The summed E-state index contributed by atoms with van der Waals surface area (Å²) in [7, 11) is -6.76. The quantitative estimate of drug-likeness (QED) is 0.111. The first-order chi connectivity index (χ1) is 39.6. The topological polar surface area (TPSA) is 220 Å². The van der Waals surface area contributed by atoms with Crippen molar-refractivity contribution >= 4 is 20.0 Å². The van der Waals surface area contributed by atoms with Crippen molar-refractivity contribution in [1.29, 1.82) is 0 Å². The van der Waals surface area contributed by atoms with Gasteiger partial charge in [-0.15, -0.1) is 0 Å². The number of hydrogen-bond donors (Lipinski definition) is 4. The van der Waals surface area contributed by atoms with E-state index in [0.717, 1.165) is 104 Å². The molecule has 4 aromatic carbocycles. The molecule has 0 amide bonds. The van der Waals surface area contributed by atoms with Crippen molar-refractivity contribution < 1.29 is 43.2 Å². The molecule has 3 unspecified atom stereocenters. The van der Waals surface area contributed by atoms with Crippen LogP contribution in [0.5, 0.6) is 0 Å². The maximum atomic E-state index is 14.5. The standard InChI is InChI=1S/C21H20F2N4.2C19H22F2N4O2S/c22-13-5-6-17(23)16(7-13)21-15-4-2-1-3-14(15)20(8-18(21)24)27-10-12-9-25-26-19(12)11-27;2*1-28(26,27)25-8-10-7-24(9-17(10)23-25)18-6-16(22)19(13-5-12(13)18)14-4-11(20)2-3-15(14)21/h1-7,9,18,20-21H,8,10-11,24H2,(H,25,26);2*2-4,8,12-13,16,18-19H,5-7,9,22H2,1H3/t18-,20?,21+;12-,13+,16+,18?,19-;12-,13+,16-,18?,19+/m010/s1. The highest BCUT2D eigenvalue weighted by Crippen LogP contribution is 2.60. The Bertz CT molecular complexity index is 3660. The third kappa shape index (κ3) is 10.5. The molecule has 0 bridgehead atoms. The van der Waals surface area contributed by atoms with Gasteiger partial charge in [0.1, 0.15) is 34.9 Å². The van der Waals surface area contributed by atoms with Crippen LogP contribution in [0.3, 0.4) is 0 Å². The smallest absolute Gasteiger partial charge is 0.250 e.